The first kappa shape index (κ1) is 21.7. The van der Waals surface area contributed by atoms with Crippen molar-refractivity contribution in [3.8, 4) is 0 Å². The van der Waals surface area contributed by atoms with Crippen LogP contribution >= 0.6 is 11.8 Å². The molecule has 0 aliphatic carbocycles. The topological polar surface area (TPSA) is 58.2 Å². The molecule has 4 aromatic carbocycles. The van der Waals surface area contributed by atoms with Gasteiger partial charge in [-0.15, -0.1) is 11.8 Å². The maximum atomic E-state index is 12.8. The third-order valence-corrected chi connectivity index (χ3v) is 6.30. The number of anilines is 2. The van der Waals surface area contributed by atoms with Gasteiger partial charge in [0, 0.05) is 27.2 Å². The number of nitrogens with one attached hydrogen (secondary N) is 2. The first-order chi connectivity index (χ1) is 15.5. The molecule has 0 saturated heterocycles. The molecule has 2 N–H and O–H groups in total. The van der Waals surface area contributed by atoms with Crippen LogP contribution in [0.2, 0.25) is 0 Å². The highest BCUT2D eigenvalue weighted by molar-refractivity contribution is 8.00. The maximum Gasteiger partial charge on any atom is 0.255 e. The highest BCUT2D eigenvalue weighted by Crippen LogP contribution is 2.28. The van der Waals surface area contributed by atoms with Crippen molar-refractivity contribution >= 4 is 45.7 Å². The van der Waals surface area contributed by atoms with Crippen molar-refractivity contribution in [3.05, 3.63) is 102 Å². The molecular weight excluding hydrogens is 416 g/mol. The van der Waals surface area contributed by atoms with Gasteiger partial charge in [0.2, 0.25) is 5.91 Å². The number of carbonyl (C=O) groups excluding carboxylic acids is 2. The fraction of sp³-hybridized carbons (Fsp3) is 0.111. The smallest absolute Gasteiger partial charge is 0.255 e. The number of hydrogen-bond acceptors (Lipinski definition) is 3. The molecule has 4 nitrogen and oxygen atoms in total. The summed E-state index contributed by atoms with van der Waals surface area (Å²) < 4.78 is 0. The van der Waals surface area contributed by atoms with E-state index in [1.807, 2.05) is 105 Å². The number of benzene rings is 4. The van der Waals surface area contributed by atoms with Gasteiger partial charge in [-0.2, -0.15) is 0 Å². The lowest BCUT2D eigenvalue weighted by Gasteiger charge is -2.14. The van der Waals surface area contributed by atoms with Crippen molar-refractivity contribution in [2.45, 2.75) is 24.0 Å². The summed E-state index contributed by atoms with van der Waals surface area (Å²) in [5.74, 6) is -0.215. The van der Waals surface area contributed by atoms with E-state index in [9.17, 15) is 9.59 Å². The average molecular weight is 441 g/mol. The number of fused-ring (bicyclic) bond motifs is 1. The monoisotopic (exact) mass is 440 g/mol. The van der Waals surface area contributed by atoms with Crippen LogP contribution in [0.1, 0.15) is 22.8 Å². The molecule has 0 aromatic heterocycles. The van der Waals surface area contributed by atoms with Gasteiger partial charge in [-0.05, 0) is 55.1 Å². The van der Waals surface area contributed by atoms with Gasteiger partial charge in [0.15, 0.2) is 0 Å². The predicted molar refractivity (Wildman–Crippen MR) is 133 cm³/mol. The molecule has 160 valence electrons. The lowest BCUT2D eigenvalue weighted by atomic mass is 10.1. The normalized spacial score (nSPS) is 11.7. The molecule has 0 aliphatic rings. The van der Waals surface area contributed by atoms with E-state index in [2.05, 4.69) is 10.6 Å². The van der Waals surface area contributed by atoms with Crippen LogP contribution in [-0.4, -0.2) is 17.1 Å². The van der Waals surface area contributed by atoms with E-state index in [-0.39, 0.29) is 17.1 Å². The summed E-state index contributed by atoms with van der Waals surface area (Å²) in [4.78, 5) is 26.4. The Kier molecular flexibility index (Phi) is 6.57. The van der Waals surface area contributed by atoms with Crippen LogP contribution in [0.4, 0.5) is 11.4 Å². The first-order valence-electron chi connectivity index (χ1n) is 10.4. The second kappa shape index (κ2) is 9.71. The van der Waals surface area contributed by atoms with Crippen LogP contribution in [0, 0.1) is 6.92 Å². The minimum atomic E-state index is -0.309. The maximum absolute atomic E-state index is 12.8. The van der Waals surface area contributed by atoms with Crippen LogP contribution in [0.3, 0.4) is 0 Å². The van der Waals surface area contributed by atoms with Crippen molar-refractivity contribution in [2.24, 2.45) is 0 Å². The van der Waals surface area contributed by atoms with Crippen molar-refractivity contribution in [1.29, 1.82) is 0 Å². The van der Waals surface area contributed by atoms with Gasteiger partial charge in [0.1, 0.15) is 0 Å². The van der Waals surface area contributed by atoms with Gasteiger partial charge in [-0.25, -0.2) is 0 Å². The third kappa shape index (κ3) is 5.01. The number of rotatable bonds is 6. The Bertz CT molecular complexity index is 1280. The number of hydrogen-bond donors (Lipinski definition) is 2. The van der Waals surface area contributed by atoms with E-state index < -0.39 is 0 Å². The van der Waals surface area contributed by atoms with Gasteiger partial charge in [0.25, 0.3) is 5.91 Å². The van der Waals surface area contributed by atoms with Gasteiger partial charge >= 0.3 is 0 Å². The first-order valence-corrected chi connectivity index (χ1v) is 11.3. The van der Waals surface area contributed by atoms with Crippen LogP contribution < -0.4 is 10.6 Å². The van der Waals surface area contributed by atoms with Crippen molar-refractivity contribution in [3.63, 3.8) is 0 Å². The van der Waals surface area contributed by atoms with Crippen LogP contribution in [0.15, 0.2) is 95.9 Å². The molecule has 2 amide bonds. The number of aryl methyl sites for hydroxylation is 1. The molecule has 4 aromatic rings. The Morgan fingerprint density at radius 2 is 1.53 bits per heavy atom. The lowest BCUT2D eigenvalue weighted by Crippen LogP contribution is -2.22. The van der Waals surface area contributed by atoms with E-state index >= 15 is 0 Å². The SMILES string of the molecule is Cc1ccccc1C(=O)Nc1cccc(SC(C)C(=O)Nc2cccc3ccccc23)c1. The largest absolute Gasteiger partial charge is 0.325 e. The van der Waals surface area contributed by atoms with E-state index in [0.717, 1.165) is 26.9 Å². The molecule has 0 radical (unpaired) electrons. The van der Waals surface area contributed by atoms with Crippen LogP contribution in [0.5, 0.6) is 0 Å². The Labute approximate surface area is 192 Å². The molecule has 0 heterocycles. The zero-order valence-corrected chi connectivity index (χ0v) is 18.8. The summed E-state index contributed by atoms with van der Waals surface area (Å²) in [7, 11) is 0. The fourth-order valence-corrected chi connectivity index (χ4v) is 4.43. The van der Waals surface area contributed by atoms with E-state index in [4.69, 9.17) is 0 Å². The van der Waals surface area contributed by atoms with Crippen LogP contribution in [0.25, 0.3) is 10.8 Å². The number of thioether (sulfide) groups is 1. The van der Waals surface area contributed by atoms with Gasteiger partial charge in [-0.1, -0.05) is 60.7 Å². The molecule has 5 heteroatoms. The minimum absolute atomic E-state index is 0.0688. The molecule has 32 heavy (non-hydrogen) atoms. The Morgan fingerprint density at radius 1 is 0.812 bits per heavy atom. The average Bonchev–Trinajstić information content (AvgIpc) is 2.79. The standard InChI is InChI=1S/C27H24N2O2S/c1-18-9-3-5-14-23(18)27(31)28-21-12-8-13-22(17-21)32-19(2)26(30)29-25-16-7-11-20-10-4-6-15-24(20)25/h3-17,19H,1-2H3,(H,28,31)(H,29,30). The molecule has 0 bridgehead atoms. The number of amides is 2. The molecule has 0 saturated carbocycles. The quantitative estimate of drug-likeness (QED) is 0.336. The molecule has 0 spiro atoms. The minimum Gasteiger partial charge on any atom is -0.325 e. The molecule has 0 aliphatic heterocycles. The van der Waals surface area contributed by atoms with Crippen LogP contribution in [-0.2, 0) is 4.79 Å². The van der Waals surface area contributed by atoms with Gasteiger partial charge in [-0.3, -0.25) is 9.59 Å². The summed E-state index contributed by atoms with van der Waals surface area (Å²) in [6.07, 6.45) is 0. The second-order valence-corrected chi connectivity index (χ2v) is 8.99. The van der Waals surface area contributed by atoms with Gasteiger partial charge in [0.05, 0.1) is 5.25 Å². The zero-order chi connectivity index (χ0) is 22.5. The Hall–Kier alpha value is -3.57. The number of carbonyl (C=O) groups is 2. The predicted octanol–water partition coefficient (Wildman–Crippen LogP) is 6.52. The summed E-state index contributed by atoms with van der Waals surface area (Å²) in [6.45, 7) is 3.79. The zero-order valence-electron chi connectivity index (χ0n) is 18.0. The highest BCUT2D eigenvalue weighted by Gasteiger charge is 2.16. The molecule has 0 fully saturated rings. The molecule has 4 rings (SSSR count). The Balaban J connectivity index is 1.43. The summed E-state index contributed by atoms with van der Waals surface area (Å²) in [6, 6.07) is 28.9. The van der Waals surface area contributed by atoms with Crippen molar-refractivity contribution in [1.82, 2.24) is 0 Å². The molecule has 1 atom stereocenters. The molecular formula is C27H24N2O2S. The van der Waals surface area contributed by atoms with Gasteiger partial charge < -0.3 is 10.6 Å². The Morgan fingerprint density at radius 3 is 2.38 bits per heavy atom. The lowest BCUT2D eigenvalue weighted by molar-refractivity contribution is -0.115. The van der Waals surface area contributed by atoms with E-state index in [0.29, 0.717) is 11.3 Å². The summed E-state index contributed by atoms with van der Waals surface area (Å²) >= 11 is 1.45. The molecule has 1 unspecified atom stereocenters. The summed E-state index contributed by atoms with van der Waals surface area (Å²) in [5.41, 5.74) is 3.08. The summed E-state index contributed by atoms with van der Waals surface area (Å²) in [5, 5.41) is 7.79. The van der Waals surface area contributed by atoms with E-state index in [1.54, 1.807) is 0 Å². The third-order valence-electron chi connectivity index (χ3n) is 5.21. The van der Waals surface area contributed by atoms with Crippen molar-refractivity contribution < 1.29 is 9.59 Å². The highest BCUT2D eigenvalue weighted by atomic mass is 32.2. The second-order valence-electron chi connectivity index (χ2n) is 7.57. The van der Waals surface area contributed by atoms with Crippen molar-refractivity contribution in [2.75, 3.05) is 10.6 Å². The fourth-order valence-electron chi connectivity index (χ4n) is 3.50. The van der Waals surface area contributed by atoms with E-state index in [1.165, 1.54) is 11.8 Å².